The van der Waals surface area contributed by atoms with E-state index in [0.717, 1.165) is 35.5 Å². The topological polar surface area (TPSA) is 86.8 Å². The molecule has 0 fully saturated rings. The van der Waals surface area contributed by atoms with Crippen molar-refractivity contribution >= 4 is 39.1 Å². The molecule has 10 heteroatoms. The Morgan fingerprint density at radius 3 is 2.33 bits per heavy atom. The smallest absolute Gasteiger partial charge is 0.244 e. The second-order valence-electron chi connectivity index (χ2n) is 7.68. The van der Waals surface area contributed by atoms with Crippen molar-refractivity contribution in [3.8, 4) is 0 Å². The third-order valence-corrected chi connectivity index (χ3v) is 6.60. The van der Waals surface area contributed by atoms with E-state index in [9.17, 15) is 22.4 Å². The van der Waals surface area contributed by atoms with Gasteiger partial charge in [-0.3, -0.25) is 13.9 Å². The number of benzene rings is 2. The number of anilines is 1. The number of hydrogen-bond acceptors (Lipinski definition) is 4. The third-order valence-electron chi connectivity index (χ3n) is 5.09. The van der Waals surface area contributed by atoms with Crippen LogP contribution in [0.15, 0.2) is 48.5 Å². The first-order valence-electron chi connectivity index (χ1n) is 10.6. The van der Waals surface area contributed by atoms with E-state index < -0.39 is 34.3 Å². The summed E-state index contributed by atoms with van der Waals surface area (Å²) in [6.45, 7) is 3.51. The number of carbonyl (C=O) groups is 2. The highest BCUT2D eigenvalue weighted by atomic mass is 35.5. The highest BCUT2D eigenvalue weighted by Crippen LogP contribution is 2.21. The minimum atomic E-state index is -3.87. The molecule has 0 aliphatic heterocycles. The summed E-state index contributed by atoms with van der Waals surface area (Å²) in [6, 6.07) is 10.8. The first kappa shape index (κ1) is 26.6. The number of hydrogen-bond donors (Lipinski definition) is 1. The van der Waals surface area contributed by atoms with Gasteiger partial charge < -0.3 is 10.2 Å². The summed E-state index contributed by atoms with van der Waals surface area (Å²) in [5, 5.41) is 3.22. The summed E-state index contributed by atoms with van der Waals surface area (Å²) in [7, 11) is -3.87. The molecule has 2 rings (SSSR count). The van der Waals surface area contributed by atoms with Crippen molar-refractivity contribution < 1.29 is 22.4 Å². The Morgan fingerprint density at radius 2 is 1.76 bits per heavy atom. The van der Waals surface area contributed by atoms with Crippen LogP contribution >= 0.6 is 11.6 Å². The second-order valence-corrected chi connectivity index (χ2v) is 9.99. The maximum absolute atomic E-state index is 13.4. The molecule has 1 unspecified atom stereocenters. The highest BCUT2D eigenvalue weighted by molar-refractivity contribution is 7.92. The van der Waals surface area contributed by atoms with Crippen molar-refractivity contribution in [3.63, 3.8) is 0 Å². The fourth-order valence-electron chi connectivity index (χ4n) is 3.15. The molecule has 0 aliphatic rings. The standard InChI is InChI=1S/C23H29ClFN3O4S/c1-4-5-14-26-23(30)17(2)27(15-18-8-6-7-9-21(18)24)22(29)16-28(33(3,31)32)20-12-10-19(25)11-13-20/h6-13,17H,4-5,14-16H2,1-3H3,(H,26,30). The Kier molecular flexibility index (Phi) is 9.67. The number of amides is 2. The van der Waals surface area contributed by atoms with E-state index in [1.165, 1.54) is 17.0 Å². The highest BCUT2D eigenvalue weighted by Gasteiger charge is 2.30. The Hall–Kier alpha value is -2.65. The zero-order chi connectivity index (χ0) is 24.6. The first-order valence-corrected chi connectivity index (χ1v) is 12.8. The molecule has 0 radical (unpaired) electrons. The second kappa shape index (κ2) is 12.0. The number of sulfonamides is 1. The molecule has 0 aromatic heterocycles. The minimum absolute atomic E-state index is 0.0158. The Labute approximate surface area is 199 Å². The molecule has 0 bridgehead atoms. The number of carbonyl (C=O) groups excluding carboxylic acids is 2. The van der Waals surface area contributed by atoms with E-state index in [4.69, 9.17) is 11.6 Å². The first-order chi connectivity index (χ1) is 15.5. The number of nitrogens with zero attached hydrogens (tertiary/aromatic N) is 2. The van der Waals surface area contributed by atoms with Crippen LogP contribution in [-0.4, -0.2) is 50.5 Å². The van der Waals surface area contributed by atoms with Crippen LogP contribution in [0.1, 0.15) is 32.3 Å². The number of halogens is 2. The molecular weight excluding hydrogens is 469 g/mol. The third kappa shape index (κ3) is 7.71. The average molecular weight is 498 g/mol. The largest absolute Gasteiger partial charge is 0.354 e. The molecule has 0 heterocycles. The average Bonchev–Trinajstić information content (AvgIpc) is 2.76. The van der Waals surface area contributed by atoms with Gasteiger partial charge in [-0.1, -0.05) is 43.1 Å². The zero-order valence-electron chi connectivity index (χ0n) is 18.9. The Morgan fingerprint density at radius 1 is 1.12 bits per heavy atom. The van der Waals surface area contributed by atoms with Crippen molar-refractivity contribution in [1.82, 2.24) is 10.2 Å². The SMILES string of the molecule is CCCCNC(=O)C(C)N(Cc1ccccc1Cl)C(=O)CN(c1ccc(F)cc1)S(C)(=O)=O. The molecule has 1 N–H and O–H groups in total. The fourth-order valence-corrected chi connectivity index (χ4v) is 4.20. The molecule has 2 aromatic rings. The van der Waals surface area contributed by atoms with Crippen LogP contribution in [-0.2, 0) is 26.2 Å². The van der Waals surface area contributed by atoms with E-state index in [2.05, 4.69) is 5.32 Å². The Balaban J connectivity index is 2.35. The van der Waals surface area contributed by atoms with E-state index in [1.54, 1.807) is 31.2 Å². The van der Waals surface area contributed by atoms with Crippen LogP contribution in [0.3, 0.4) is 0 Å². The van der Waals surface area contributed by atoms with Gasteiger partial charge in [-0.15, -0.1) is 0 Å². The van der Waals surface area contributed by atoms with Crippen LogP contribution < -0.4 is 9.62 Å². The van der Waals surface area contributed by atoms with Gasteiger partial charge in [-0.05, 0) is 49.2 Å². The van der Waals surface area contributed by atoms with Gasteiger partial charge in [0, 0.05) is 18.1 Å². The number of rotatable bonds is 11. The summed E-state index contributed by atoms with van der Waals surface area (Å²) in [4.78, 5) is 27.4. The van der Waals surface area contributed by atoms with Crippen LogP contribution in [0, 0.1) is 5.82 Å². The van der Waals surface area contributed by atoms with Gasteiger partial charge in [0.1, 0.15) is 18.4 Å². The molecule has 33 heavy (non-hydrogen) atoms. The number of unbranched alkanes of at least 4 members (excludes halogenated alkanes) is 1. The molecule has 1 atom stereocenters. The minimum Gasteiger partial charge on any atom is -0.354 e. The molecule has 0 saturated carbocycles. The lowest BCUT2D eigenvalue weighted by molar-refractivity contribution is -0.139. The summed E-state index contributed by atoms with van der Waals surface area (Å²) in [5.41, 5.74) is 0.762. The lowest BCUT2D eigenvalue weighted by Crippen LogP contribution is -2.51. The molecule has 7 nitrogen and oxygen atoms in total. The van der Waals surface area contributed by atoms with Gasteiger partial charge in [0.15, 0.2) is 0 Å². The summed E-state index contributed by atoms with van der Waals surface area (Å²) < 4.78 is 39.1. The molecule has 0 aliphatic carbocycles. The normalized spacial score (nSPS) is 12.2. The molecule has 2 amide bonds. The maximum Gasteiger partial charge on any atom is 0.244 e. The zero-order valence-corrected chi connectivity index (χ0v) is 20.5. The van der Waals surface area contributed by atoms with Crippen molar-refractivity contribution in [2.45, 2.75) is 39.3 Å². The van der Waals surface area contributed by atoms with E-state index in [-0.39, 0.29) is 18.1 Å². The van der Waals surface area contributed by atoms with Crippen molar-refractivity contribution in [1.29, 1.82) is 0 Å². The molecule has 2 aromatic carbocycles. The van der Waals surface area contributed by atoms with Gasteiger partial charge >= 0.3 is 0 Å². The Bertz CT molecular complexity index is 1060. The van der Waals surface area contributed by atoms with E-state index >= 15 is 0 Å². The van der Waals surface area contributed by atoms with Crippen molar-refractivity contribution in [2.75, 3.05) is 23.7 Å². The van der Waals surface area contributed by atoms with Gasteiger partial charge in [0.25, 0.3) is 0 Å². The fraction of sp³-hybridized carbons (Fsp3) is 0.391. The van der Waals surface area contributed by atoms with Crippen molar-refractivity contribution in [3.05, 3.63) is 64.9 Å². The quantitative estimate of drug-likeness (QED) is 0.481. The monoisotopic (exact) mass is 497 g/mol. The van der Waals surface area contributed by atoms with Gasteiger partial charge in [-0.2, -0.15) is 0 Å². The summed E-state index contributed by atoms with van der Waals surface area (Å²) in [5.74, 6) is -1.48. The molecule has 180 valence electrons. The van der Waals surface area contributed by atoms with Crippen LogP contribution in [0.5, 0.6) is 0 Å². The maximum atomic E-state index is 13.4. The summed E-state index contributed by atoms with van der Waals surface area (Å²) >= 11 is 6.27. The van der Waals surface area contributed by atoms with Crippen LogP contribution in [0.25, 0.3) is 0 Å². The predicted molar refractivity (Wildman–Crippen MR) is 128 cm³/mol. The van der Waals surface area contributed by atoms with Crippen molar-refractivity contribution in [2.24, 2.45) is 0 Å². The van der Waals surface area contributed by atoms with E-state index in [0.29, 0.717) is 17.1 Å². The molecule has 0 saturated heterocycles. The van der Waals surface area contributed by atoms with E-state index in [1.807, 2.05) is 6.92 Å². The summed E-state index contributed by atoms with van der Waals surface area (Å²) in [6.07, 6.45) is 2.66. The molecular formula is C23H29ClFN3O4S. The van der Waals surface area contributed by atoms with Crippen LogP contribution in [0.4, 0.5) is 10.1 Å². The lowest BCUT2D eigenvalue weighted by Gasteiger charge is -2.31. The van der Waals surface area contributed by atoms with Gasteiger partial charge in [0.2, 0.25) is 21.8 Å². The van der Waals surface area contributed by atoms with Gasteiger partial charge in [0.05, 0.1) is 11.9 Å². The van der Waals surface area contributed by atoms with Crippen LogP contribution in [0.2, 0.25) is 5.02 Å². The van der Waals surface area contributed by atoms with Gasteiger partial charge in [-0.25, -0.2) is 12.8 Å². The number of nitrogens with one attached hydrogen (secondary N) is 1. The predicted octanol–water partition coefficient (Wildman–Crippen LogP) is 3.58. The molecule has 0 spiro atoms. The lowest BCUT2D eigenvalue weighted by atomic mass is 10.1.